The Labute approximate surface area is 59.1 Å². The Morgan fingerprint density at radius 3 is 2.00 bits per heavy atom. The van der Waals surface area contributed by atoms with E-state index in [9.17, 15) is 0 Å². The van der Waals surface area contributed by atoms with E-state index >= 15 is 0 Å². The van der Waals surface area contributed by atoms with Crippen molar-refractivity contribution >= 4 is 24.9 Å². The second-order valence-corrected chi connectivity index (χ2v) is 1.82. The van der Waals surface area contributed by atoms with Crippen molar-refractivity contribution in [2.75, 3.05) is 11.5 Å². The molecule has 4 N–H and O–H groups in total. The zero-order valence-electron chi connectivity index (χ0n) is 5.70. The van der Waals surface area contributed by atoms with Crippen LogP contribution in [0, 0.1) is 0 Å². The molecule has 52 valence electrons. The van der Waals surface area contributed by atoms with E-state index in [-0.39, 0.29) is 11.9 Å². The molecule has 0 aliphatic carbocycles. The average molecular weight is 137 g/mol. The third-order valence-electron chi connectivity index (χ3n) is 1.03. The van der Waals surface area contributed by atoms with Crippen LogP contribution in [0.5, 0.6) is 0 Å². The largest absolute Gasteiger partial charge is 0.368 e. The van der Waals surface area contributed by atoms with Gasteiger partial charge < -0.3 is 11.5 Å². The molecule has 1 rings (SSSR count). The predicted molar refractivity (Wildman–Crippen MR) is 41.3 cm³/mol. The van der Waals surface area contributed by atoms with Crippen molar-refractivity contribution in [1.82, 2.24) is 15.0 Å². The number of hydrogen-bond acceptors (Lipinski definition) is 5. The highest BCUT2D eigenvalue weighted by molar-refractivity contribution is 6.49. The average Bonchev–Trinajstić information content (AvgIpc) is 1.85. The Hall–Kier alpha value is -1.33. The van der Waals surface area contributed by atoms with Gasteiger partial charge in [0.2, 0.25) is 19.2 Å². The Kier molecular flexibility index (Phi) is 1.70. The molecule has 0 saturated heterocycles. The molecular formula is C4H8BN5. The van der Waals surface area contributed by atoms with E-state index in [4.69, 9.17) is 11.5 Å². The summed E-state index contributed by atoms with van der Waals surface area (Å²) < 4.78 is 0. The zero-order chi connectivity index (χ0) is 7.56. The predicted octanol–water partition coefficient (Wildman–Crippen LogP) is -1.85. The summed E-state index contributed by atoms with van der Waals surface area (Å²) in [6, 6.07) is 0. The first-order chi connectivity index (χ1) is 4.72. The lowest BCUT2D eigenvalue weighted by atomic mass is 9.82. The molecule has 0 fully saturated rings. The van der Waals surface area contributed by atoms with E-state index < -0.39 is 0 Å². The van der Waals surface area contributed by atoms with Gasteiger partial charge in [-0.05, 0) is 0 Å². The smallest absolute Gasteiger partial charge is 0.224 e. The first kappa shape index (κ1) is 6.79. The van der Waals surface area contributed by atoms with E-state index in [1.165, 1.54) is 0 Å². The van der Waals surface area contributed by atoms with Gasteiger partial charge in [-0.3, -0.25) is 0 Å². The van der Waals surface area contributed by atoms with Crippen LogP contribution >= 0.6 is 0 Å². The fourth-order valence-electron chi connectivity index (χ4n) is 0.615. The van der Waals surface area contributed by atoms with Crippen LogP contribution in [0.1, 0.15) is 0 Å². The van der Waals surface area contributed by atoms with Crippen molar-refractivity contribution in [3.8, 4) is 0 Å². The van der Waals surface area contributed by atoms with Crippen molar-refractivity contribution in [2.45, 2.75) is 6.82 Å². The van der Waals surface area contributed by atoms with Crippen LogP contribution in [-0.2, 0) is 0 Å². The zero-order valence-corrected chi connectivity index (χ0v) is 5.70. The minimum absolute atomic E-state index is 0.185. The maximum Gasteiger partial charge on any atom is 0.224 e. The quantitative estimate of drug-likeness (QED) is 0.443. The van der Waals surface area contributed by atoms with E-state index in [2.05, 4.69) is 15.0 Å². The SMILES string of the molecule is CBc1nc(N)nc(N)n1. The molecule has 0 spiro atoms. The Morgan fingerprint density at radius 2 is 1.60 bits per heavy atom. The van der Waals surface area contributed by atoms with E-state index in [0.717, 1.165) is 7.28 Å². The van der Waals surface area contributed by atoms with Crippen LogP contribution in [0.3, 0.4) is 0 Å². The monoisotopic (exact) mass is 137 g/mol. The fourth-order valence-corrected chi connectivity index (χ4v) is 0.615. The van der Waals surface area contributed by atoms with Crippen LogP contribution in [0.2, 0.25) is 6.82 Å². The van der Waals surface area contributed by atoms with Gasteiger partial charge in [-0.2, -0.15) is 4.98 Å². The van der Waals surface area contributed by atoms with Crippen LogP contribution < -0.4 is 17.2 Å². The molecule has 0 saturated carbocycles. The summed E-state index contributed by atoms with van der Waals surface area (Å²) in [5.74, 6) is 0.369. The van der Waals surface area contributed by atoms with E-state index in [1.807, 2.05) is 6.82 Å². The highest BCUT2D eigenvalue weighted by Crippen LogP contribution is 1.88. The molecule has 1 heterocycles. The van der Waals surface area contributed by atoms with Crippen LogP contribution in [0.4, 0.5) is 11.9 Å². The van der Waals surface area contributed by atoms with Crippen LogP contribution in [0.15, 0.2) is 0 Å². The van der Waals surface area contributed by atoms with Crippen molar-refractivity contribution in [2.24, 2.45) is 0 Å². The summed E-state index contributed by atoms with van der Waals surface area (Å²) in [6.45, 7) is 1.92. The van der Waals surface area contributed by atoms with Gasteiger partial charge in [-0.1, -0.05) is 6.82 Å². The molecule has 6 heteroatoms. The molecule has 1 aromatic rings. The Balaban J connectivity index is 3.06. The summed E-state index contributed by atoms with van der Waals surface area (Å²) in [6.07, 6.45) is 0. The topological polar surface area (TPSA) is 90.7 Å². The van der Waals surface area contributed by atoms with Crippen molar-refractivity contribution in [3.63, 3.8) is 0 Å². The van der Waals surface area contributed by atoms with Crippen molar-refractivity contribution in [1.29, 1.82) is 0 Å². The third-order valence-corrected chi connectivity index (χ3v) is 1.03. The van der Waals surface area contributed by atoms with Gasteiger partial charge in [0.15, 0.2) is 0 Å². The Bertz CT molecular complexity index is 217. The second kappa shape index (κ2) is 2.51. The first-order valence-electron chi connectivity index (χ1n) is 2.98. The minimum atomic E-state index is 0.185. The fraction of sp³-hybridized carbons (Fsp3) is 0.250. The first-order valence-corrected chi connectivity index (χ1v) is 2.98. The molecule has 0 unspecified atom stereocenters. The van der Waals surface area contributed by atoms with Crippen LogP contribution in [-0.4, -0.2) is 22.2 Å². The Morgan fingerprint density at radius 1 is 1.10 bits per heavy atom. The highest BCUT2D eigenvalue weighted by Gasteiger charge is 1.97. The lowest BCUT2D eigenvalue weighted by Crippen LogP contribution is -2.23. The number of anilines is 2. The van der Waals surface area contributed by atoms with Crippen LogP contribution in [0.25, 0.3) is 0 Å². The molecule has 5 nitrogen and oxygen atoms in total. The van der Waals surface area contributed by atoms with Gasteiger partial charge in [-0.25, -0.2) is 9.97 Å². The lowest BCUT2D eigenvalue weighted by molar-refractivity contribution is 1.12. The molecule has 0 atom stereocenters. The number of nitrogens with zero attached hydrogens (tertiary/aromatic N) is 3. The number of rotatable bonds is 1. The van der Waals surface area contributed by atoms with Gasteiger partial charge >= 0.3 is 0 Å². The molecule has 0 amide bonds. The van der Waals surface area contributed by atoms with Gasteiger partial charge in [0, 0.05) is 0 Å². The normalized spacial score (nSPS) is 9.30. The summed E-state index contributed by atoms with van der Waals surface area (Å²) in [5.41, 5.74) is 11.2. The third kappa shape index (κ3) is 1.34. The summed E-state index contributed by atoms with van der Waals surface area (Å²) in [4.78, 5) is 11.3. The van der Waals surface area contributed by atoms with Crippen molar-refractivity contribution < 1.29 is 0 Å². The van der Waals surface area contributed by atoms with Gasteiger partial charge in [0.25, 0.3) is 0 Å². The van der Waals surface area contributed by atoms with Gasteiger partial charge in [-0.15, -0.1) is 0 Å². The molecule has 0 aliphatic heterocycles. The molecule has 0 radical (unpaired) electrons. The number of nitrogens with two attached hydrogens (primary N) is 2. The highest BCUT2D eigenvalue weighted by atomic mass is 15.1. The lowest BCUT2D eigenvalue weighted by Gasteiger charge is -1.96. The maximum absolute atomic E-state index is 5.29. The van der Waals surface area contributed by atoms with E-state index in [1.54, 1.807) is 0 Å². The molecule has 0 aromatic carbocycles. The molecular weight excluding hydrogens is 129 g/mol. The molecule has 0 bridgehead atoms. The second-order valence-electron chi connectivity index (χ2n) is 1.82. The minimum Gasteiger partial charge on any atom is -0.368 e. The van der Waals surface area contributed by atoms with Gasteiger partial charge in [0.05, 0.1) is 5.72 Å². The summed E-state index contributed by atoms with van der Waals surface area (Å²) in [7, 11) is 0.719. The van der Waals surface area contributed by atoms with Gasteiger partial charge in [0.1, 0.15) is 0 Å². The standard InChI is InChI=1S/C4H8BN5/c1-5-2-8-3(6)10-4(7)9-2/h5H,1H3,(H4,6,7,8,9,10). The summed E-state index contributed by atoms with van der Waals surface area (Å²) in [5, 5.41) is 0. The number of aromatic nitrogens is 3. The van der Waals surface area contributed by atoms with Crippen molar-refractivity contribution in [3.05, 3.63) is 0 Å². The van der Waals surface area contributed by atoms with E-state index in [0.29, 0.717) is 5.72 Å². The molecule has 10 heavy (non-hydrogen) atoms. The number of hydrogen-bond donors (Lipinski definition) is 2. The number of nitrogen functional groups attached to an aromatic ring is 2. The molecule has 0 aliphatic rings. The maximum atomic E-state index is 5.29. The molecule has 1 aromatic heterocycles. The summed E-state index contributed by atoms with van der Waals surface area (Å²) >= 11 is 0.